The predicted molar refractivity (Wildman–Crippen MR) is 172 cm³/mol. The van der Waals surface area contributed by atoms with E-state index in [9.17, 15) is 23.1 Å². The zero-order chi connectivity index (χ0) is 34.1. The number of carbonyl (C=O) groups is 2. The molecule has 1 aliphatic carbocycles. The second-order valence-corrected chi connectivity index (χ2v) is 15.2. The number of hydrogen-bond donors (Lipinski definition) is 2. The number of ether oxygens (including phenoxy) is 1. The maximum Gasteiger partial charge on any atom is 0.257 e. The van der Waals surface area contributed by atoms with E-state index in [1.807, 2.05) is 0 Å². The number of carbonyl (C=O) groups excluding carboxylic acids is 2. The number of fused-ring (bicyclic) bond motifs is 1. The van der Waals surface area contributed by atoms with E-state index in [0.717, 1.165) is 12.3 Å². The summed E-state index contributed by atoms with van der Waals surface area (Å²) in [5, 5.41) is 16.2. The average Bonchev–Trinajstić information content (AvgIpc) is 3.61. The molecule has 2 amide bonds. The molecule has 4 aromatic rings. The van der Waals surface area contributed by atoms with Crippen molar-refractivity contribution < 1.29 is 32.2 Å². The minimum absolute atomic E-state index is 0.0704. The normalized spacial score (nSPS) is 19.8. The average molecular weight is 702 g/mol. The summed E-state index contributed by atoms with van der Waals surface area (Å²) in [6, 6.07) is 13.0. The van der Waals surface area contributed by atoms with E-state index < -0.39 is 44.2 Å². The Labute approximate surface area is 280 Å². The number of aliphatic hydroxyl groups is 1. The molecule has 2 atom stereocenters. The summed E-state index contributed by atoms with van der Waals surface area (Å²) in [5.74, 6) is -2.19. The Hall–Kier alpha value is -3.81. The predicted octanol–water partition coefficient (Wildman–Crippen LogP) is 4.66. The van der Waals surface area contributed by atoms with E-state index in [1.54, 1.807) is 37.5 Å². The van der Waals surface area contributed by atoms with E-state index in [1.165, 1.54) is 47.0 Å². The number of sulfone groups is 1. The van der Waals surface area contributed by atoms with Gasteiger partial charge in [0.2, 0.25) is 5.91 Å². The van der Waals surface area contributed by atoms with Gasteiger partial charge in [-0.15, -0.1) is 0 Å². The molecular weight excluding hydrogens is 670 g/mol. The van der Waals surface area contributed by atoms with Crippen molar-refractivity contribution in [2.75, 3.05) is 12.9 Å². The summed E-state index contributed by atoms with van der Waals surface area (Å²) < 4.78 is 50.7. The molecule has 3 N–H and O–H groups in total. The molecule has 246 valence electrons. The highest BCUT2D eigenvalue weighted by Crippen LogP contribution is 2.53. The molecule has 0 bridgehead atoms. The lowest BCUT2D eigenvalue weighted by molar-refractivity contribution is -0.142. The fourth-order valence-corrected chi connectivity index (χ4v) is 7.40. The van der Waals surface area contributed by atoms with Gasteiger partial charge in [0.05, 0.1) is 40.8 Å². The molecule has 10 nitrogen and oxygen atoms in total. The first-order valence-electron chi connectivity index (χ1n) is 14.6. The van der Waals surface area contributed by atoms with Crippen LogP contribution in [0.1, 0.15) is 57.9 Å². The van der Waals surface area contributed by atoms with Crippen molar-refractivity contribution in [1.29, 1.82) is 0 Å². The van der Waals surface area contributed by atoms with Gasteiger partial charge in [0.1, 0.15) is 11.4 Å². The van der Waals surface area contributed by atoms with Gasteiger partial charge in [-0.2, -0.15) is 5.10 Å². The van der Waals surface area contributed by atoms with Crippen molar-refractivity contribution in [1.82, 2.24) is 14.7 Å². The van der Waals surface area contributed by atoms with Crippen molar-refractivity contribution >= 4 is 44.9 Å². The van der Waals surface area contributed by atoms with Gasteiger partial charge in [0.15, 0.2) is 15.6 Å². The first-order valence-corrected chi connectivity index (χ1v) is 17.2. The molecule has 6 rings (SSSR count). The summed E-state index contributed by atoms with van der Waals surface area (Å²) in [6.07, 6.45) is 4.90. The Morgan fingerprint density at radius 3 is 2.34 bits per heavy atom. The second-order valence-electron chi connectivity index (χ2n) is 12.4. The third-order valence-corrected chi connectivity index (χ3v) is 10.7. The minimum Gasteiger partial charge on any atom is -0.381 e. The van der Waals surface area contributed by atoms with Gasteiger partial charge in [0, 0.05) is 40.7 Å². The van der Waals surface area contributed by atoms with Crippen LogP contribution in [0.15, 0.2) is 71.9 Å². The van der Waals surface area contributed by atoms with Crippen LogP contribution >= 0.6 is 23.2 Å². The minimum atomic E-state index is -3.85. The summed E-state index contributed by atoms with van der Waals surface area (Å²) in [6.45, 7) is 0.830. The maximum absolute atomic E-state index is 16.8. The van der Waals surface area contributed by atoms with Crippen molar-refractivity contribution in [2.45, 2.75) is 42.5 Å². The number of nitrogens with zero attached hydrogens (tertiary/aromatic N) is 3. The number of aryl methyl sites for hydroxylation is 1. The molecule has 0 saturated heterocycles. The molecule has 14 heteroatoms. The largest absolute Gasteiger partial charge is 0.381 e. The maximum atomic E-state index is 16.8. The first-order chi connectivity index (χ1) is 22.0. The van der Waals surface area contributed by atoms with Gasteiger partial charge in [-0.3, -0.25) is 19.2 Å². The lowest BCUT2D eigenvalue weighted by Crippen LogP contribution is -2.48. The number of rotatable bonds is 10. The number of aromatic nitrogens is 2. The Bertz CT molecular complexity index is 2050. The van der Waals surface area contributed by atoms with Crippen LogP contribution in [0.3, 0.4) is 0 Å². The number of halogens is 3. The molecular formula is C33H31Cl2FN4O6S. The van der Waals surface area contributed by atoms with Crippen LogP contribution in [0.2, 0.25) is 10.0 Å². The van der Waals surface area contributed by atoms with Gasteiger partial charge in [0.25, 0.3) is 5.91 Å². The monoisotopic (exact) mass is 700 g/mol. The van der Waals surface area contributed by atoms with Gasteiger partial charge < -0.3 is 15.6 Å². The Morgan fingerprint density at radius 1 is 1.11 bits per heavy atom. The molecule has 47 heavy (non-hydrogen) atoms. The number of hydrogen-bond acceptors (Lipinski definition) is 7. The summed E-state index contributed by atoms with van der Waals surface area (Å²) >= 11 is 12.4. The molecule has 1 saturated carbocycles. The zero-order valence-electron chi connectivity index (χ0n) is 25.6. The zero-order valence-corrected chi connectivity index (χ0v) is 28.0. The highest BCUT2D eigenvalue weighted by atomic mass is 35.5. The highest BCUT2D eigenvalue weighted by Gasteiger charge is 2.58. The van der Waals surface area contributed by atoms with Crippen molar-refractivity contribution in [3.05, 3.63) is 116 Å². The molecule has 0 radical (unpaired) electrons. The Morgan fingerprint density at radius 2 is 1.77 bits per heavy atom. The summed E-state index contributed by atoms with van der Waals surface area (Å²) in [7, 11) is -2.18. The first kappa shape index (κ1) is 33.1. The van der Waals surface area contributed by atoms with E-state index in [0.29, 0.717) is 23.4 Å². The number of amides is 2. The fourth-order valence-electron chi connectivity index (χ4n) is 6.09. The lowest BCUT2D eigenvalue weighted by Gasteiger charge is -2.40. The Kier molecular flexibility index (Phi) is 8.04. The van der Waals surface area contributed by atoms with E-state index in [4.69, 9.17) is 33.7 Å². The van der Waals surface area contributed by atoms with Crippen LogP contribution in [0.25, 0.3) is 0 Å². The molecule has 3 aromatic carbocycles. The highest BCUT2D eigenvalue weighted by molar-refractivity contribution is 7.90. The third kappa shape index (κ3) is 5.61. The molecule has 1 aromatic heterocycles. The molecule has 2 heterocycles. The molecule has 1 aliphatic heterocycles. The third-order valence-electron chi connectivity index (χ3n) is 9.04. The van der Waals surface area contributed by atoms with Gasteiger partial charge in [-0.25, -0.2) is 12.8 Å². The standard InChI is InChI=1S/C33H31Cl2FN4O6S/c1-31(43,22-15-38-39(2)17-22)21-12-25-28(26(36)13-21)33(20-5-8-23(34)9-6-20,46-18-32(10-11-32)30(37)42)40(29(25)41)16-19-4-7-24(35)14-27(19)47(3,44)45/h4-9,12-15,17,43H,10-11,16,18H2,1-3H3,(H2,37,42)/t31?,33-/m1/s1. The van der Waals surface area contributed by atoms with Gasteiger partial charge in [-0.05, 0) is 67.3 Å². The number of benzene rings is 3. The number of primary amides is 1. The van der Waals surface area contributed by atoms with Crippen LogP contribution in [0, 0.1) is 11.2 Å². The summed E-state index contributed by atoms with van der Waals surface area (Å²) in [5.41, 5.74) is 1.53. The van der Waals surface area contributed by atoms with Crippen LogP contribution in [0.5, 0.6) is 0 Å². The molecule has 0 spiro atoms. The molecule has 1 fully saturated rings. The van der Waals surface area contributed by atoms with E-state index >= 15 is 4.39 Å². The van der Waals surface area contributed by atoms with Crippen LogP contribution < -0.4 is 5.73 Å². The van der Waals surface area contributed by atoms with Crippen molar-refractivity contribution in [3.63, 3.8) is 0 Å². The van der Waals surface area contributed by atoms with Crippen LogP contribution in [-0.4, -0.2) is 52.9 Å². The van der Waals surface area contributed by atoms with Gasteiger partial charge in [-0.1, -0.05) is 41.4 Å². The van der Waals surface area contributed by atoms with Gasteiger partial charge >= 0.3 is 0 Å². The van der Waals surface area contributed by atoms with Crippen molar-refractivity contribution in [2.24, 2.45) is 18.2 Å². The van der Waals surface area contributed by atoms with E-state index in [-0.39, 0.29) is 50.9 Å². The molecule has 1 unspecified atom stereocenters. The van der Waals surface area contributed by atoms with E-state index in [2.05, 4.69) is 5.10 Å². The lowest BCUT2D eigenvalue weighted by atomic mass is 9.85. The molecule has 2 aliphatic rings. The van der Waals surface area contributed by atoms with Crippen molar-refractivity contribution in [3.8, 4) is 0 Å². The smallest absolute Gasteiger partial charge is 0.257 e. The number of nitrogens with two attached hydrogens (primary N) is 1. The summed E-state index contributed by atoms with van der Waals surface area (Å²) in [4.78, 5) is 28.2. The SMILES string of the molecule is Cn1cc(C(C)(O)c2cc(F)c3c(c2)C(=O)N(Cc2ccc(Cl)cc2S(C)(=O)=O)[C@@]3(OCC2(C(N)=O)CC2)c2ccc(Cl)cc2)cn1. The Balaban J connectivity index is 1.61. The van der Waals surface area contributed by atoms with Crippen LogP contribution in [0.4, 0.5) is 4.39 Å². The topological polar surface area (TPSA) is 145 Å². The second kappa shape index (κ2) is 11.4. The fraction of sp³-hybridized carbons (Fsp3) is 0.303. The van der Waals surface area contributed by atoms with Crippen LogP contribution in [-0.2, 0) is 44.3 Å². The quantitative estimate of drug-likeness (QED) is 0.245.